The second-order valence-corrected chi connectivity index (χ2v) is 6.95. The van der Waals surface area contributed by atoms with Crippen molar-refractivity contribution in [2.24, 2.45) is 0 Å². The molecule has 4 aromatic rings. The van der Waals surface area contributed by atoms with E-state index >= 15 is 0 Å². The summed E-state index contributed by atoms with van der Waals surface area (Å²) in [5.41, 5.74) is 5.03. The molecule has 3 aromatic carbocycles. The maximum Gasteiger partial charge on any atom is 0.335 e. The summed E-state index contributed by atoms with van der Waals surface area (Å²) in [7, 11) is 0. The summed E-state index contributed by atoms with van der Waals surface area (Å²) in [6.45, 7) is 2.97. The Morgan fingerprint density at radius 2 is 1.81 bits per heavy atom. The van der Waals surface area contributed by atoms with Crippen molar-refractivity contribution >= 4 is 28.0 Å². The van der Waals surface area contributed by atoms with Crippen molar-refractivity contribution in [2.45, 2.75) is 6.42 Å². The van der Waals surface area contributed by atoms with Gasteiger partial charge in [-0.1, -0.05) is 61.2 Å². The van der Waals surface area contributed by atoms with E-state index in [0.29, 0.717) is 11.3 Å². The zero-order valence-corrected chi connectivity index (χ0v) is 16.8. The first kappa shape index (κ1) is 20.3. The normalized spacial score (nSPS) is 11.8. The van der Waals surface area contributed by atoms with Gasteiger partial charge in [0.15, 0.2) is 0 Å². The summed E-state index contributed by atoms with van der Waals surface area (Å²) >= 11 is 0. The smallest absolute Gasteiger partial charge is 0.335 e. The van der Waals surface area contributed by atoms with Crippen LogP contribution in [-0.2, 0) is 4.79 Å². The molecule has 4 rings (SSSR count). The van der Waals surface area contributed by atoms with Crippen LogP contribution < -0.4 is 4.74 Å². The average molecular weight is 412 g/mol. The van der Waals surface area contributed by atoms with Crippen LogP contribution in [0.15, 0.2) is 91.6 Å². The Kier molecular flexibility index (Phi) is 6.03. The van der Waals surface area contributed by atoms with Gasteiger partial charge in [-0.25, -0.2) is 4.79 Å². The highest BCUT2D eigenvalue weighted by atomic mass is 19.1. The minimum atomic E-state index is -0.552. The van der Waals surface area contributed by atoms with Crippen LogP contribution in [0.5, 0.6) is 5.75 Å². The van der Waals surface area contributed by atoms with Gasteiger partial charge < -0.3 is 4.74 Å². The molecule has 0 aliphatic carbocycles. The molecule has 1 heterocycles. The first-order valence-electron chi connectivity index (χ1n) is 9.93. The molecule has 0 saturated carbocycles. The molecule has 0 aliphatic heterocycles. The van der Waals surface area contributed by atoms with Gasteiger partial charge in [-0.3, -0.25) is 9.49 Å². The number of fused-ring (bicyclic) bond motifs is 1. The van der Waals surface area contributed by atoms with Crippen molar-refractivity contribution in [3.63, 3.8) is 0 Å². The Hall–Kier alpha value is -3.99. The van der Waals surface area contributed by atoms with Crippen molar-refractivity contribution < 1.29 is 13.9 Å². The van der Waals surface area contributed by atoms with Crippen molar-refractivity contribution in [2.75, 3.05) is 6.67 Å². The standard InChI is InChI=1S/C26H21FN2O2/c1-2-25(30)31-24-11-7-6-10-22(24)26(19-12-13-23-20(16-19)17-28-29-23)21(14-15-27)18-8-4-3-5-9-18/h2-13,16-17H,1,14-15H2,(H,28,29)/b26-21+. The molecule has 0 aliphatic rings. The van der Waals surface area contributed by atoms with Crippen LogP contribution in [0.25, 0.3) is 22.0 Å². The number of rotatable bonds is 7. The number of aromatic nitrogens is 2. The lowest BCUT2D eigenvalue weighted by Crippen LogP contribution is -2.06. The van der Waals surface area contributed by atoms with Crippen molar-refractivity contribution in [1.29, 1.82) is 0 Å². The quantitative estimate of drug-likeness (QED) is 0.176. The van der Waals surface area contributed by atoms with E-state index in [9.17, 15) is 9.18 Å². The minimum absolute atomic E-state index is 0.215. The Balaban J connectivity index is 2.02. The number of hydrogen-bond acceptors (Lipinski definition) is 3. The van der Waals surface area contributed by atoms with Crippen molar-refractivity contribution in [1.82, 2.24) is 10.2 Å². The fraction of sp³-hybridized carbons (Fsp3) is 0.0769. The third-order valence-corrected chi connectivity index (χ3v) is 5.03. The van der Waals surface area contributed by atoms with E-state index in [-0.39, 0.29) is 6.42 Å². The number of H-pyrrole nitrogens is 1. The second-order valence-electron chi connectivity index (χ2n) is 6.95. The molecule has 0 spiro atoms. The van der Waals surface area contributed by atoms with Gasteiger partial charge in [0.25, 0.3) is 0 Å². The SMILES string of the molecule is C=CC(=O)Oc1ccccc1/C(=C(\CCF)c1ccccc1)c1ccc2[nH]ncc2c1. The molecular formula is C26H21FN2O2. The number of alkyl halides is 1. The first-order valence-corrected chi connectivity index (χ1v) is 9.93. The predicted molar refractivity (Wildman–Crippen MR) is 121 cm³/mol. The molecular weight excluding hydrogens is 391 g/mol. The Morgan fingerprint density at radius 3 is 2.58 bits per heavy atom. The van der Waals surface area contributed by atoms with Crippen LogP contribution in [0.1, 0.15) is 23.1 Å². The van der Waals surface area contributed by atoms with E-state index < -0.39 is 12.6 Å². The van der Waals surface area contributed by atoms with E-state index in [2.05, 4.69) is 16.8 Å². The number of carbonyl (C=O) groups is 1. The van der Waals surface area contributed by atoms with E-state index in [1.807, 2.05) is 60.7 Å². The van der Waals surface area contributed by atoms with Crippen LogP contribution >= 0.6 is 0 Å². The molecule has 4 nitrogen and oxygen atoms in total. The lowest BCUT2D eigenvalue weighted by atomic mass is 9.87. The van der Waals surface area contributed by atoms with E-state index in [4.69, 9.17) is 4.74 Å². The molecule has 5 heteroatoms. The fourth-order valence-corrected chi connectivity index (χ4v) is 3.65. The van der Waals surface area contributed by atoms with Gasteiger partial charge in [-0.15, -0.1) is 0 Å². The molecule has 0 amide bonds. The number of ether oxygens (including phenoxy) is 1. The summed E-state index contributed by atoms with van der Waals surface area (Å²) < 4.78 is 19.3. The zero-order chi connectivity index (χ0) is 21.6. The second kappa shape index (κ2) is 9.22. The number of halogens is 1. The van der Waals surface area contributed by atoms with Gasteiger partial charge in [0.05, 0.1) is 18.4 Å². The molecule has 0 atom stereocenters. The lowest BCUT2D eigenvalue weighted by molar-refractivity contribution is -0.128. The molecule has 31 heavy (non-hydrogen) atoms. The number of esters is 1. The number of nitrogens with one attached hydrogen (secondary N) is 1. The highest BCUT2D eigenvalue weighted by molar-refractivity contribution is 6.02. The van der Waals surface area contributed by atoms with E-state index in [0.717, 1.165) is 39.3 Å². The third kappa shape index (κ3) is 4.31. The van der Waals surface area contributed by atoms with Crippen LogP contribution in [0.4, 0.5) is 4.39 Å². The average Bonchev–Trinajstić information content (AvgIpc) is 3.28. The van der Waals surface area contributed by atoms with Gasteiger partial charge in [-0.05, 0) is 40.5 Å². The molecule has 1 N–H and O–H groups in total. The number of nitrogens with zero attached hydrogens (tertiary/aromatic N) is 1. The number of hydrogen-bond donors (Lipinski definition) is 1. The van der Waals surface area contributed by atoms with E-state index in [1.165, 1.54) is 0 Å². The number of para-hydroxylation sites is 1. The molecule has 0 bridgehead atoms. The number of allylic oxidation sites excluding steroid dienone is 1. The maximum absolute atomic E-state index is 13.7. The molecule has 1 aromatic heterocycles. The summed E-state index contributed by atoms with van der Waals surface area (Å²) in [6, 6.07) is 22.9. The molecule has 0 saturated heterocycles. The zero-order valence-electron chi connectivity index (χ0n) is 16.8. The van der Waals surface area contributed by atoms with Gasteiger partial charge in [0.1, 0.15) is 5.75 Å². The van der Waals surface area contributed by atoms with Gasteiger partial charge in [0.2, 0.25) is 0 Å². The van der Waals surface area contributed by atoms with Gasteiger partial charge in [-0.2, -0.15) is 5.10 Å². The molecule has 0 fully saturated rings. The Morgan fingerprint density at radius 1 is 1.03 bits per heavy atom. The molecule has 0 unspecified atom stereocenters. The maximum atomic E-state index is 13.7. The number of carbonyl (C=O) groups excluding carboxylic acids is 1. The monoisotopic (exact) mass is 412 g/mol. The largest absolute Gasteiger partial charge is 0.423 e. The van der Waals surface area contributed by atoms with Gasteiger partial charge in [0, 0.05) is 23.4 Å². The van der Waals surface area contributed by atoms with Crippen LogP contribution in [0, 0.1) is 0 Å². The summed E-state index contributed by atoms with van der Waals surface area (Å²) in [6.07, 6.45) is 3.08. The lowest BCUT2D eigenvalue weighted by Gasteiger charge is -2.19. The third-order valence-electron chi connectivity index (χ3n) is 5.03. The van der Waals surface area contributed by atoms with Crippen molar-refractivity contribution in [3.8, 4) is 5.75 Å². The van der Waals surface area contributed by atoms with Crippen LogP contribution in [0.2, 0.25) is 0 Å². The summed E-state index contributed by atoms with van der Waals surface area (Å²) in [4.78, 5) is 12.0. The number of benzene rings is 3. The minimum Gasteiger partial charge on any atom is -0.423 e. The summed E-state index contributed by atoms with van der Waals surface area (Å²) in [5, 5.41) is 7.98. The molecule has 0 radical (unpaired) electrons. The Bertz CT molecular complexity index is 1260. The summed E-state index contributed by atoms with van der Waals surface area (Å²) in [5.74, 6) is -0.161. The topological polar surface area (TPSA) is 55.0 Å². The first-order chi connectivity index (χ1) is 15.2. The van der Waals surface area contributed by atoms with Crippen LogP contribution in [-0.4, -0.2) is 22.8 Å². The van der Waals surface area contributed by atoms with Gasteiger partial charge >= 0.3 is 5.97 Å². The number of aromatic amines is 1. The highest BCUT2D eigenvalue weighted by Crippen LogP contribution is 2.39. The predicted octanol–water partition coefficient (Wildman–Crippen LogP) is 5.97. The van der Waals surface area contributed by atoms with E-state index in [1.54, 1.807) is 18.3 Å². The fourth-order valence-electron chi connectivity index (χ4n) is 3.65. The Labute approximate surface area is 179 Å². The van der Waals surface area contributed by atoms with Crippen LogP contribution in [0.3, 0.4) is 0 Å². The highest BCUT2D eigenvalue weighted by Gasteiger charge is 2.19. The molecule has 154 valence electrons. The van der Waals surface area contributed by atoms with Crippen molar-refractivity contribution in [3.05, 3.63) is 108 Å².